The van der Waals surface area contributed by atoms with Crippen molar-refractivity contribution in [1.29, 1.82) is 0 Å². The van der Waals surface area contributed by atoms with Crippen LogP contribution in [-0.2, 0) is 16.0 Å². The molecular weight excluding hydrogens is 235 g/mol. The fourth-order valence-electron chi connectivity index (χ4n) is 1.52. The van der Waals surface area contributed by atoms with E-state index in [9.17, 15) is 14.0 Å². The number of benzene rings is 1. The summed E-state index contributed by atoms with van der Waals surface area (Å²) in [5.41, 5.74) is 0.579. The first-order valence-corrected chi connectivity index (χ1v) is 5.84. The predicted octanol–water partition coefficient (Wildman–Crippen LogP) is 1.01. The number of rotatable bonds is 5. The Hall–Kier alpha value is -1.91. The highest BCUT2D eigenvalue weighted by Crippen LogP contribution is 2.04. The lowest BCUT2D eigenvalue weighted by Gasteiger charge is -2.13. The molecule has 0 fully saturated rings. The molecule has 0 spiro atoms. The van der Waals surface area contributed by atoms with Crippen LogP contribution in [0.15, 0.2) is 24.3 Å². The summed E-state index contributed by atoms with van der Waals surface area (Å²) in [6.07, 6.45) is 0.0570. The molecule has 1 rings (SSSR count). The Balaban J connectivity index is 2.49. The summed E-state index contributed by atoms with van der Waals surface area (Å²) in [5, 5.41) is 5.17. The molecule has 1 aromatic carbocycles. The first-order valence-electron chi connectivity index (χ1n) is 5.84. The van der Waals surface area contributed by atoms with Gasteiger partial charge in [0.2, 0.25) is 11.8 Å². The zero-order valence-corrected chi connectivity index (χ0v) is 10.5. The summed E-state index contributed by atoms with van der Waals surface area (Å²) in [4.78, 5) is 23.0. The van der Waals surface area contributed by atoms with Crippen LogP contribution in [0, 0.1) is 5.82 Å². The van der Waals surface area contributed by atoms with Gasteiger partial charge in [-0.15, -0.1) is 0 Å². The molecule has 1 unspecified atom stereocenters. The molecule has 0 radical (unpaired) electrons. The van der Waals surface area contributed by atoms with E-state index >= 15 is 0 Å². The van der Waals surface area contributed by atoms with Gasteiger partial charge in [-0.2, -0.15) is 0 Å². The van der Waals surface area contributed by atoms with Gasteiger partial charge in [0, 0.05) is 6.54 Å². The number of hydrogen-bond donors (Lipinski definition) is 2. The molecular formula is C13H17FN2O2. The van der Waals surface area contributed by atoms with Gasteiger partial charge in [0.1, 0.15) is 11.9 Å². The van der Waals surface area contributed by atoms with Crippen molar-refractivity contribution in [1.82, 2.24) is 10.6 Å². The van der Waals surface area contributed by atoms with Crippen molar-refractivity contribution in [3.05, 3.63) is 35.6 Å². The van der Waals surface area contributed by atoms with Gasteiger partial charge in [0.15, 0.2) is 0 Å². The number of carbonyl (C=O) groups is 2. The highest BCUT2D eigenvalue weighted by molar-refractivity contribution is 5.87. The van der Waals surface area contributed by atoms with Crippen molar-refractivity contribution in [3.8, 4) is 0 Å². The van der Waals surface area contributed by atoms with Crippen LogP contribution >= 0.6 is 0 Å². The number of carbonyl (C=O) groups excluding carboxylic acids is 2. The largest absolute Gasteiger partial charge is 0.355 e. The Morgan fingerprint density at radius 3 is 2.72 bits per heavy atom. The minimum Gasteiger partial charge on any atom is -0.355 e. The van der Waals surface area contributed by atoms with Gasteiger partial charge in [-0.05, 0) is 31.5 Å². The number of hydrogen-bond acceptors (Lipinski definition) is 2. The van der Waals surface area contributed by atoms with Gasteiger partial charge in [-0.25, -0.2) is 4.39 Å². The minimum absolute atomic E-state index is 0.0570. The summed E-state index contributed by atoms with van der Waals surface area (Å²) >= 11 is 0. The highest BCUT2D eigenvalue weighted by atomic mass is 19.1. The van der Waals surface area contributed by atoms with Crippen LogP contribution in [0.3, 0.4) is 0 Å². The summed E-state index contributed by atoms with van der Waals surface area (Å²) in [6, 6.07) is 5.24. The maximum atomic E-state index is 12.9. The van der Waals surface area contributed by atoms with E-state index in [1.807, 2.05) is 0 Å². The highest BCUT2D eigenvalue weighted by Gasteiger charge is 2.14. The van der Waals surface area contributed by atoms with Crippen molar-refractivity contribution in [2.24, 2.45) is 0 Å². The van der Waals surface area contributed by atoms with Gasteiger partial charge in [0.25, 0.3) is 0 Å². The van der Waals surface area contributed by atoms with Crippen molar-refractivity contribution >= 4 is 11.8 Å². The Morgan fingerprint density at radius 2 is 2.11 bits per heavy atom. The van der Waals surface area contributed by atoms with Crippen LogP contribution in [0.1, 0.15) is 19.4 Å². The van der Waals surface area contributed by atoms with Crippen LogP contribution in [0.25, 0.3) is 0 Å². The number of likely N-dealkylation sites (N-methyl/N-ethyl adjacent to an activating group) is 1. The standard InChI is InChI=1S/C13H17FN2O2/c1-3-15-13(18)9(2)16-12(17)8-10-5-4-6-11(14)7-10/h4-7,9H,3,8H2,1-2H3,(H,15,18)(H,16,17). The number of halogens is 1. The Bertz CT molecular complexity index is 435. The molecule has 5 heteroatoms. The summed E-state index contributed by atoms with van der Waals surface area (Å²) in [7, 11) is 0. The predicted molar refractivity (Wildman–Crippen MR) is 66.4 cm³/mol. The lowest BCUT2D eigenvalue weighted by atomic mass is 10.1. The Kier molecular flexibility index (Phi) is 5.30. The molecule has 1 atom stereocenters. The van der Waals surface area contributed by atoms with E-state index in [0.717, 1.165) is 0 Å². The quantitative estimate of drug-likeness (QED) is 0.821. The van der Waals surface area contributed by atoms with E-state index in [1.54, 1.807) is 26.0 Å². The fraction of sp³-hybridized carbons (Fsp3) is 0.385. The molecule has 1 aromatic rings. The number of amides is 2. The van der Waals surface area contributed by atoms with Crippen molar-refractivity contribution in [3.63, 3.8) is 0 Å². The summed E-state index contributed by atoms with van der Waals surface area (Å²) in [6.45, 7) is 3.93. The minimum atomic E-state index is -0.592. The molecule has 0 aromatic heterocycles. The van der Waals surface area contributed by atoms with Crippen LogP contribution in [0.2, 0.25) is 0 Å². The van der Waals surface area contributed by atoms with E-state index in [1.165, 1.54) is 12.1 Å². The second-order valence-corrected chi connectivity index (χ2v) is 3.99. The van der Waals surface area contributed by atoms with Gasteiger partial charge in [0.05, 0.1) is 6.42 Å². The molecule has 18 heavy (non-hydrogen) atoms. The molecule has 98 valence electrons. The lowest BCUT2D eigenvalue weighted by molar-refractivity contribution is -0.128. The Labute approximate surface area is 106 Å². The van der Waals surface area contributed by atoms with Crippen molar-refractivity contribution in [2.75, 3.05) is 6.54 Å². The first kappa shape index (κ1) is 14.2. The van der Waals surface area contributed by atoms with Crippen LogP contribution in [0.5, 0.6) is 0 Å². The third-order valence-corrected chi connectivity index (χ3v) is 2.38. The molecule has 0 aliphatic heterocycles. The second-order valence-electron chi connectivity index (χ2n) is 3.99. The maximum Gasteiger partial charge on any atom is 0.242 e. The molecule has 0 bridgehead atoms. The molecule has 2 N–H and O–H groups in total. The SMILES string of the molecule is CCNC(=O)C(C)NC(=O)Cc1cccc(F)c1. The van der Waals surface area contributed by atoms with Crippen molar-refractivity contribution in [2.45, 2.75) is 26.3 Å². The average molecular weight is 252 g/mol. The zero-order valence-electron chi connectivity index (χ0n) is 10.5. The van der Waals surface area contributed by atoms with E-state index in [0.29, 0.717) is 12.1 Å². The maximum absolute atomic E-state index is 12.9. The Morgan fingerprint density at radius 1 is 1.39 bits per heavy atom. The molecule has 0 saturated heterocycles. The van der Waals surface area contributed by atoms with Gasteiger partial charge in [-0.3, -0.25) is 9.59 Å². The van der Waals surface area contributed by atoms with E-state index in [-0.39, 0.29) is 24.1 Å². The van der Waals surface area contributed by atoms with Crippen LogP contribution < -0.4 is 10.6 Å². The lowest BCUT2D eigenvalue weighted by Crippen LogP contribution is -2.45. The molecule has 0 aliphatic carbocycles. The third kappa shape index (κ3) is 4.53. The van der Waals surface area contributed by atoms with Gasteiger partial charge >= 0.3 is 0 Å². The molecule has 0 heterocycles. The van der Waals surface area contributed by atoms with E-state index < -0.39 is 6.04 Å². The second kappa shape index (κ2) is 6.74. The van der Waals surface area contributed by atoms with Gasteiger partial charge < -0.3 is 10.6 Å². The smallest absolute Gasteiger partial charge is 0.242 e. The molecule has 0 saturated carbocycles. The van der Waals surface area contributed by atoms with Crippen molar-refractivity contribution < 1.29 is 14.0 Å². The fourth-order valence-corrected chi connectivity index (χ4v) is 1.52. The topological polar surface area (TPSA) is 58.2 Å². The van der Waals surface area contributed by atoms with Crippen LogP contribution in [-0.4, -0.2) is 24.4 Å². The molecule has 2 amide bonds. The van der Waals surface area contributed by atoms with Crippen LogP contribution in [0.4, 0.5) is 4.39 Å². The summed E-state index contributed by atoms with van der Waals surface area (Å²) < 4.78 is 12.9. The normalized spacial score (nSPS) is 11.7. The summed E-state index contributed by atoms with van der Waals surface area (Å²) in [5.74, 6) is -0.915. The van der Waals surface area contributed by atoms with Gasteiger partial charge in [-0.1, -0.05) is 12.1 Å². The first-order chi connectivity index (χ1) is 8.52. The van der Waals surface area contributed by atoms with E-state index in [2.05, 4.69) is 10.6 Å². The van der Waals surface area contributed by atoms with E-state index in [4.69, 9.17) is 0 Å². The monoisotopic (exact) mass is 252 g/mol. The number of nitrogens with one attached hydrogen (secondary N) is 2. The average Bonchev–Trinajstić information content (AvgIpc) is 2.28. The molecule has 4 nitrogen and oxygen atoms in total. The third-order valence-electron chi connectivity index (χ3n) is 2.38. The zero-order chi connectivity index (χ0) is 13.5. The molecule has 0 aliphatic rings.